The molecule has 0 unspecified atom stereocenters. The van der Waals surface area contributed by atoms with Gasteiger partial charge in [0.05, 0.1) is 11.6 Å². The summed E-state index contributed by atoms with van der Waals surface area (Å²) in [7, 11) is 0. The molecule has 0 fully saturated rings. The van der Waals surface area contributed by atoms with Crippen molar-refractivity contribution >= 4 is 17.3 Å². The Morgan fingerprint density at radius 1 is 1.86 bits per heavy atom. The first-order valence-corrected chi connectivity index (χ1v) is 2.64. The average Bonchev–Trinajstić information content (AvgIpc) is 1.72. The highest BCUT2D eigenvalue weighted by atomic mass is 35.5. The second kappa shape index (κ2) is 3.93. The number of nitrogens with zero attached hydrogens (tertiary/aromatic N) is 1. The maximum Gasteiger partial charge on any atom is 0.0715 e. The Balaban J connectivity index is 3.38. The van der Waals surface area contributed by atoms with Gasteiger partial charge in [0.15, 0.2) is 0 Å². The van der Waals surface area contributed by atoms with Crippen LogP contribution in [0.4, 0.5) is 0 Å². The van der Waals surface area contributed by atoms with Crippen LogP contribution in [0.15, 0.2) is 5.16 Å². The van der Waals surface area contributed by atoms with E-state index in [0.29, 0.717) is 11.6 Å². The fourth-order valence-corrected chi connectivity index (χ4v) is 0.434. The lowest BCUT2D eigenvalue weighted by molar-refractivity contribution is 0.317. The fraction of sp³-hybridized carbons (Fsp3) is 0.750. The number of hydrogen-bond acceptors (Lipinski definition) is 2. The number of rotatable bonds is 2. The van der Waals surface area contributed by atoms with Gasteiger partial charge in [0.1, 0.15) is 0 Å². The highest BCUT2D eigenvalue weighted by Gasteiger charge is 1.88. The summed E-state index contributed by atoms with van der Waals surface area (Å²) in [5.41, 5.74) is 0.627. The number of oxime groups is 1. The zero-order valence-corrected chi connectivity index (χ0v) is 4.94. The topological polar surface area (TPSA) is 32.6 Å². The van der Waals surface area contributed by atoms with E-state index in [9.17, 15) is 0 Å². The molecule has 0 amide bonds. The van der Waals surface area contributed by atoms with Gasteiger partial charge in [0.2, 0.25) is 0 Å². The quantitative estimate of drug-likeness (QED) is 0.255. The van der Waals surface area contributed by atoms with E-state index in [1.54, 1.807) is 0 Å². The molecule has 0 aliphatic heterocycles. The third kappa shape index (κ3) is 2.45. The van der Waals surface area contributed by atoms with Gasteiger partial charge in [0, 0.05) is 0 Å². The Bertz CT molecular complexity index is 66.1. The molecular formula is C4H8ClNO. The normalized spacial score (nSPS) is 12.0. The molecule has 7 heavy (non-hydrogen) atoms. The van der Waals surface area contributed by atoms with Gasteiger partial charge in [0.25, 0.3) is 0 Å². The van der Waals surface area contributed by atoms with Gasteiger partial charge in [-0.05, 0) is 6.42 Å². The maximum atomic E-state index is 8.03. The van der Waals surface area contributed by atoms with Gasteiger partial charge in [-0.25, -0.2) is 0 Å². The smallest absolute Gasteiger partial charge is 0.0715 e. The first kappa shape index (κ1) is 6.76. The molecule has 0 saturated carbocycles. The van der Waals surface area contributed by atoms with Crippen molar-refractivity contribution in [3.8, 4) is 0 Å². The van der Waals surface area contributed by atoms with Crippen LogP contribution in [0, 0.1) is 0 Å². The predicted molar refractivity (Wildman–Crippen MR) is 30.2 cm³/mol. The van der Waals surface area contributed by atoms with Crippen LogP contribution in [0.5, 0.6) is 0 Å². The molecule has 0 radical (unpaired) electrons. The molecule has 0 aromatic carbocycles. The Kier molecular flexibility index (Phi) is 3.80. The van der Waals surface area contributed by atoms with Gasteiger partial charge in [-0.1, -0.05) is 12.1 Å². The summed E-state index contributed by atoms with van der Waals surface area (Å²) in [4.78, 5) is 0. The second-order valence-electron chi connectivity index (χ2n) is 1.15. The minimum atomic E-state index is 0.326. The fourth-order valence-electron chi connectivity index (χ4n) is 0.192. The molecule has 0 aromatic rings. The highest BCUT2D eigenvalue weighted by Crippen LogP contribution is 1.86. The van der Waals surface area contributed by atoms with E-state index in [0.717, 1.165) is 6.42 Å². The lowest BCUT2D eigenvalue weighted by Gasteiger charge is -1.88. The first-order valence-electron chi connectivity index (χ1n) is 2.11. The van der Waals surface area contributed by atoms with Crippen LogP contribution in [0.1, 0.15) is 13.3 Å². The van der Waals surface area contributed by atoms with Crippen LogP contribution in [-0.4, -0.2) is 16.8 Å². The van der Waals surface area contributed by atoms with Crippen molar-refractivity contribution < 1.29 is 5.21 Å². The first-order chi connectivity index (χ1) is 3.35. The third-order valence-electron chi connectivity index (χ3n) is 0.704. The van der Waals surface area contributed by atoms with Crippen LogP contribution in [0.25, 0.3) is 0 Å². The van der Waals surface area contributed by atoms with Gasteiger partial charge in [-0.15, -0.1) is 11.6 Å². The van der Waals surface area contributed by atoms with Crippen molar-refractivity contribution in [2.24, 2.45) is 5.16 Å². The van der Waals surface area contributed by atoms with E-state index in [1.807, 2.05) is 6.92 Å². The van der Waals surface area contributed by atoms with Gasteiger partial charge < -0.3 is 5.21 Å². The van der Waals surface area contributed by atoms with Crippen LogP contribution in [0.2, 0.25) is 0 Å². The number of alkyl halides is 1. The highest BCUT2D eigenvalue weighted by molar-refractivity contribution is 6.28. The van der Waals surface area contributed by atoms with Crippen LogP contribution in [0.3, 0.4) is 0 Å². The van der Waals surface area contributed by atoms with E-state index < -0.39 is 0 Å². The summed E-state index contributed by atoms with van der Waals surface area (Å²) in [5, 5.41) is 10.9. The number of hydrogen-bond donors (Lipinski definition) is 1. The van der Waals surface area contributed by atoms with Gasteiger partial charge >= 0.3 is 0 Å². The lowest BCUT2D eigenvalue weighted by atomic mass is 10.3. The Labute approximate surface area is 47.8 Å². The zero-order chi connectivity index (χ0) is 5.70. The van der Waals surface area contributed by atoms with E-state index in [1.165, 1.54) is 0 Å². The molecule has 0 heterocycles. The maximum absolute atomic E-state index is 8.03. The molecule has 42 valence electrons. The van der Waals surface area contributed by atoms with Crippen LogP contribution < -0.4 is 0 Å². The van der Waals surface area contributed by atoms with Crippen molar-refractivity contribution in [2.45, 2.75) is 13.3 Å². The van der Waals surface area contributed by atoms with Crippen molar-refractivity contribution in [2.75, 3.05) is 5.88 Å². The SMILES string of the molecule is CC/C(CCl)=N\O. The Hall–Kier alpha value is -0.240. The Morgan fingerprint density at radius 3 is 2.43 bits per heavy atom. The van der Waals surface area contributed by atoms with Crippen LogP contribution >= 0.6 is 11.6 Å². The summed E-state index contributed by atoms with van der Waals surface area (Å²) >= 11 is 5.28. The van der Waals surface area contributed by atoms with E-state index in [4.69, 9.17) is 16.8 Å². The molecule has 0 saturated heterocycles. The minimum Gasteiger partial charge on any atom is -0.411 e. The van der Waals surface area contributed by atoms with Crippen molar-refractivity contribution in [3.05, 3.63) is 0 Å². The van der Waals surface area contributed by atoms with E-state index in [-0.39, 0.29) is 0 Å². The average molecular weight is 122 g/mol. The van der Waals surface area contributed by atoms with E-state index >= 15 is 0 Å². The lowest BCUT2D eigenvalue weighted by Crippen LogP contribution is -1.95. The predicted octanol–water partition coefficient (Wildman–Crippen LogP) is 1.47. The molecular weight excluding hydrogens is 114 g/mol. The third-order valence-corrected chi connectivity index (χ3v) is 1.01. The summed E-state index contributed by atoms with van der Waals surface area (Å²) < 4.78 is 0. The standard InChI is InChI=1S/C4H8ClNO/c1-2-4(3-5)6-7/h7H,2-3H2,1H3/b6-4+. The molecule has 2 nitrogen and oxygen atoms in total. The summed E-state index contributed by atoms with van der Waals surface area (Å²) in [6.07, 6.45) is 0.722. The molecule has 0 spiro atoms. The largest absolute Gasteiger partial charge is 0.411 e. The molecule has 0 aromatic heterocycles. The Morgan fingerprint density at radius 2 is 2.43 bits per heavy atom. The minimum absolute atomic E-state index is 0.326. The van der Waals surface area contributed by atoms with Crippen molar-refractivity contribution in [1.29, 1.82) is 0 Å². The zero-order valence-electron chi connectivity index (χ0n) is 4.19. The van der Waals surface area contributed by atoms with E-state index in [2.05, 4.69) is 5.16 Å². The van der Waals surface area contributed by atoms with Crippen LogP contribution in [-0.2, 0) is 0 Å². The van der Waals surface area contributed by atoms with Crippen molar-refractivity contribution in [3.63, 3.8) is 0 Å². The molecule has 0 aliphatic carbocycles. The molecule has 3 heteroatoms. The molecule has 0 atom stereocenters. The molecule has 0 bridgehead atoms. The van der Waals surface area contributed by atoms with Gasteiger partial charge in [-0.2, -0.15) is 0 Å². The summed E-state index contributed by atoms with van der Waals surface area (Å²) in [6, 6.07) is 0. The van der Waals surface area contributed by atoms with Crippen molar-refractivity contribution in [1.82, 2.24) is 0 Å². The monoisotopic (exact) mass is 121 g/mol. The summed E-state index contributed by atoms with van der Waals surface area (Å²) in [5.74, 6) is 0.326. The van der Waals surface area contributed by atoms with Gasteiger partial charge in [-0.3, -0.25) is 0 Å². The number of halogens is 1. The molecule has 0 rings (SSSR count). The molecule has 1 N–H and O–H groups in total. The second-order valence-corrected chi connectivity index (χ2v) is 1.42. The summed E-state index contributed by atoms with van der Waals surface area (Å²) in [6.45, 7) is 1.89. The molecule has 0 aliphatic rings.